The maximum atomic E-state index is 9.18. The van der Waals surface area contributed by atoms with E-state index in [0.717, 1.165) is 30.4 Å². The lowest BCUT2D eigenvalue weighted by atomic mass is 9.81. The average molecular weight is 234 g/mol. The summed E-state index contributed by atoms with van der Waals surface area (Å²) >= 11 is 0. The lowest BCUT2D eigenvalue weighted by Crippen LogP contribution is -2.17. The molecule has 2 heteroatoms. The van der Waals surface area contributed by atoms with Crippen LogP contribution in [0.3, 0.4) is 0 Å². The van der Waals surface area contributed by atoms with Crippen molar-refractivity contribution < 1.29 is 4.79 Å². The summed E-state index contributed by atoms with van der Waals surface area (Å²) in [7, 11) is 0. The monoisotopic (exact) mass is 234 g/mol. The van der Waals surface area contributed by atoms with E-state index in [9.17, 15) is 5.53 Å². The molecule has 17 heavy (non-hydrogen) atoms. The van der Waals surface area contributed by atoms with Gasteiger partial charge in [0.1, 0.15) is 0 Å². The fourth-order valence-corrected chi connectivity index (χ4v) is 3.61. The van der Waals surface area contributed by atoms with Gasteiger partial charge in [-0.2, -0.15) is 4.79 Å². The zero-order valence-electron chi connectivity index (χ0n) is 11.0. The van der Waals surface area contributed by atoms with Crippen LogP contribution >= 0.6 is 0 Å². The second kappa shape index (κ2) is 6.96. The van der Waals surface area contributed by atoms with Crippen LogP contribution in [0.15, 0.2) is 0 Å². The third-order valence-corrected chi connectivity index (χ3v) is 4.64. The highest BCUT2D eigenvalue weighted by Crippen LogP contribution is 2.30. The van der Waals surface area contributed by atoms with E-state index in [-0.39, 0.29) is 0 Å². The molecule has 0 amide bonds. The van der Waals surface area contributed by atoms with E-state index in [0.29, 0.717) is 0 Å². The minimum atomic E-state index is 0.804. The van der Waals surface area contributed by atoms with E-state index in [1.807, 2.05) is 0 Å². The van der Waals surface area contributed by atoms with Gasteiger partial charge < -0.3 is 5.53 Å². The Morgan fingerprint density at radius 3 is 1.53 bits per heavy atom. The third-order valence-electron chi connectivity index (χ3n) is 4.64. The Morgan fingerprint density at radius 1 is 0.765 bits per heavy atom. The highest BCUT2D eigenvalue weighted by molar-refractivity contribution is 5.79. The topological polar surface area (TPSA) is 36.4 Å². The van der Waals surface area contributed by atoms with E-state index >= 15 is 0 Å². The predicted molar refractivity (Wildman–Crippen MR) is 71.0 cm³/mol. The summed E-state index contributed by atoms with van der Waals surface area (Å²) in [6.45, 7) is 0. The van der Waals surface area contributed by atoms with Crippen molar-refractivity contribution in [1.82, 2.24) is 0 Å². The molecule has 2 nitrogen and oxygen atoms in total. The maximum absolute atomic E-state index is 9.18. The van der Waals surface area contributed by atoms with Crippen LogP contribution in [0.1, 0.15) is 77.0 Å². The van der Waals surface area contributed by atoms with E-state index in [1.54, 1.807) is 0 Å². The van der Waals surface area contributed by atoms with E-state index in [2.05, 4.69) is 4.79 Å². The maximum Gasteiger partial charge on any atom is 0.269 e. The first-order valence-corrected chi connectivity index (χ1v) is 7.58. The van der Waals surface area contributed by atoms with Gasteiger partial charge in [-0.05, 0) is 37.5 Å². The number of nitrogens with zero attached hydrogens (tertiary/aromatic N) is 2. The van der Waals surface area contributed by atoms with Gasteiger partial charge in [-0.25, -0.2) is 0 Å². The summed E-state index contributed by atoms with van der Waals surface area (Å²) in [4.78, 5) is 3.59. The van der Waals surface area contributed by atoms with Crippen molar-refractivity contribution in [2.24, 2.45) is 11.8 Å². The summed E-state index contributed by atoms with van der Waals surface area (Å²) in [5.41, 5.74) is 10.3. The van der Waals surface area contributed by atoms with E-state index in [1.165, 1.54) is 64.2 Å². The molecule has 0 aromatic carbocycles. The molecule has 0 N–H and O–H groups in total. The molecule has 0 saturated heterocycles. The molecular weight excluding hydrogens is 208 g/mol. The molecule has 0 heterocycles. The van der Waals surface area contributed by atoms with E-state index < -0.39 is 0 Å². The molecule has 0 aliphatic heterocycles. The van der Waals surface area contributed by atoms with Gasteiger partial charge in [0.25, 0.3) is 5.71 Å². The largest absolute Gasteiger partial charge is 0.362 e. The zero-order valence-corrected chi connectivity index (χ0v) is 11.0. The molecule has 0 spiro atoms. The van der Waals surface area contributed by atoms with Gasteiger partial charge >= 0.3 is 0 Å². The third kappa shape index (κ3) is 4.27. The Balaban J connectivity index is 1.77. The second-order valence-electron chi connectivity index (χ2n) is 6.08. The molecule has 96 valence electrons. The van der Waals surface area contributed by atoms with Gasteiger partial charge in [-0.1, -0.05) is 38.5 Å². The van der Waals surface area contributed by atoms with Crippen LogP contribution in [0, 0.1) is 11.8 Å². The Morgan fingerprint density at radius 2 is 1.18 bits per heavy atom. The Labute approximate surface area is 105 Å². The van der Waals surface area contributed by atoms with E-state index in [4.69, 9.17) is 0 Å². The lowest BCUT2D eigenvalue weighted by molar-refractivity contribution is -0.0150. The predicted octanol–water partition coefficient (Wildman–Crippen LogP) is 4.60. The number of rotatable bonds is 4. The van der Waals surface area contributed by atoms with Gasteiger partial charge in [-0.3, -0.25) is 0 Å². The van der Waals surface area contributed by atoms with Crippen molar-refractivity contribution in [3.63, 3.8) is 0 Å². The molecule has 2 fully saturated rings. The Bertz CT molecular complexity index is 245. The standard InChI is InChI=1S/C15H26N2/c16-17-15(11-13-7-3-1-4-8-13)12-14-9-5-2-6-10-14/h13-14H,1-12H2. The van der Waals surface area contributed by atoms with Crippen LogP contribution in [-0.2, 0) is 0 Å². The van der Waals surface area contributed by atoms with Crippen molar-refractivity contribution in [2.75, 3.05) is 0 Å². The van der Waals surface area contributed by atoms with Crippen LogP contribution in [0.5, 0.6) is 0 Å². The van der Waals surface area contributed by atoms with Gasteiger partial charge in [0, 0.05) is 12.8 Å². The van der Waals surface area contributed by atoms with Gasteiger partial charge in [-0.15, -0.1) is 0 Å². The minimum Gasteiger partial charge on any atom is -0.362 e. The van der Waals surface area contributed by atoms with Gasteiger partial charge in [0.15, 0.2) is 0 Å². The quantitative estimate of drug-likeness (QED) is 0.387. The molecule has 0 bridgehead atoms. The zero-order chi connectivity index (χ0) is 11.9. The first-order chi connectivity index (χ1) is 8.38. The minimum absolute atomic E-state index is 0.804. The fourth-order valence-electron chi connectivity index (χ4n) is 3.61. The Hall–Kier alpha value is -0.620. The molecule has 2 aliphatic rings. The van der Waals surface area contributed by atoms with Crippen LogP contribution in [0.4, 0.5) is 0 Å². The van der Waals surface area contributed by atoms with Crippen LogP contribution in [-0.4, -0.2) is 10.5 Å². The van der Waals surface area contributed by atoms with Crippen molar-refractivity contribution in [3.8, 4) is 0 Å². The van der Waals surface area contributed by atoms with Crippen molar-refractivity contribution in [2.45, 2.75) is 77.0 Å². The molecule has 0 unspecified atom stereocenters. The first kappa shape index (κ1) is 12.8. The first-order valence-electron chi connectivity index (χ1n) is 7.58. The number of hydrogen-bond acceptors (Lipinski definition) is 0. The summed E-state index contributed by atoms with van der Waals surface area (Å²) in [6, 6.07) is 0. The molecule has 2 rings (SSSR count). The average Bonchev–Trinajstić information content (AvgIpc) is 2.40. The summed E-state index contributed by atoms with van der Waals surface area (Å²) in [5, 5.41) is 0. The van der Waals surface area contributed by atoms with Crippen molar-refractivity contribution >= 4 is 5.71 Å². The van der Waals surface area contributed by atoms with Gasteiger partial charge in [0.2, 0.25) is 0 Å². The molecular formula is C15H26N2. The van der Waals surface area contributed by atoms with Crippen molar-refractivity contribution in [1.29, 1.82) is 0 Å². The van der Waals surface area contributed by atoms with Crippen LogP contribution in [0.25, 0.3) is 5.53 Å². The van der Waals surface area contributed by atoms with Crippen LogP contribution in [0.2, 0.25) is 0 Å². The van der Waals surface area contributed by atoms with Gasteiger partial charge in [0.05, 0.1) is 0 Å². The second-order valence-corrected chi connectivity index (χ2v) is 6.08. The molecule has 2 saturated carbocycles. The highest BCUT2D eigenvalue weighted by atomic mass is 14.9. The fraction of sp³-hybridized carbons (Fsp3) is 0.933. The molecule has 0 aromatic rings. The van der Waals surface area contributed by atoms with Crippen LogP contribution < -0.4 is 0 Å². The number of hydrogen-bond donors (Lipinski definition) is 0. The summed E-state index contributed by atoms with van der Waals surface area (Å²) in [5.74, 6) is 1.61. The smallest absolute Gasteiger partial charge is 0.269 e. The summed E-state index contributed by atoms with van der Waals surface area (Å²) < 4.78 is 0. The lowest BCUT2D eigenvalue weighted by Gasteiger charge is -2.22. The normalized spacial score (nSPS) is 23.3. The molecule has 0 aromatic heterocycles. The Kier molecular flexibility index (Phi) is 5.25. The molecule has 0 radical (unpaired) electrons. The highest BCUT2D eigenvalue weighted by Gasteiger charge is 2.24. The SMILES string of the molecule is [N-]=[N+]=C(CC1CCCCC1)CC1CCCCC1. The molecule has 2 aliphatic carbocycles. The van der Waals surface area contributed by atoms with Crippen molar-refractivity contribution in [3.05, 3.63) is 5.53 Å². The molecule has 0 atom stereocenters. The summed E-state index contributed by atoms with van der Waals surface area (Å²) in [6.07, 6.45) is 15.9.